The molecule has 164 valence electrons. The number of ether oxygens (including phenoxy) is 3. The number of anilines is 1. The molecular formula is C25H25N3O4. The topological polar surface area (TPSA) is 74.1 Å². The molecule has 2 heterocycles. The highest BCUT2D eigenvalue weighted by Crippen LogP contribution is 2.36. The number of methoxy groups -OCH3 is 2. The van der Waals surface area contributed by atoms with Crippen LogP contribution in [0.2, 0.25) is 0 Å². The number of fused-ring (bicyclic) bond motifs is 1. The first-order chi connectivity index (χ1) is 15.5. The van der Waals surface area contributed by atoms with Gasteiger partial charge in [-0.2, -0.15) is 0 Å². The molecule has 0 atom stereocenters. The van der Waals surface area contributed by atoms with Gasteiger partial charge in [0.2, 0.25) is 0 Å². The van der Waals surface area contributed by atoms with Crippen molar-refractivity contribution in [1.29, 1.82) is 0 Å². The lowest BCUT2D eigenvalue weighted by atomic mass is 10.1. The Bertz CT molecular complexity index is 1280. The summed E-state index contributed by atoms with van der Waals surface area (Å²) in [6.45, 7) is 4.36. The van der Waals surface area contributed by atoms with E-state index in [9.17, 15) is 4.79 Å². The molecule has 4 aromatic rings. The van der Waals surface area contributed by atoms with Crippen LogP contribution in [0.1, 0.15) is 22.8 Å². The van der Waals surface area contributed by atoms with Crippen LogP contribution in [0, 0.1) is 6.92 Å². The number of carbonyl (C=O) groups excluding carboxylic acids is 1. The highest BCUT2D eigenvalue weighted by atomic mass is 16.5. The minimum Gasteiger partial charge on any atom is -0.493 e. The minimum atomic E-state index is -0.279. The fourth-order valence-electron chi connectivity index (χ4n) is 3.56. The smallest absolute Gasteiger partial charge is 0.260 e. The third kappa shape index (κ3) is 3.97. The van der Waals surface area contributed by atoms with Crippen LogP contribution in [0.5, 0.6) is 17.2 Å². The van der Waals surface area contributed by atoms with E-state index in [-0.39, 0.29) is 5.91 Å². The van der Waals surface area contributed by atoms with Crippen LogP contribution in [0.15, 0.2) is 60.8 Å². The van der Waals surface area contributed by atoms with E-state index >= 15 is 0 Å². The normalized spacial score (nSPS) is 10.8. The second kappa shape index (κ2) is 9.01. The van der Waals surface area contributed by atoms with Crippen molar-refractivity contribution in [3.8, 4) is 28.5 Å². The molecular weight excluding hydrogens is 406 g/mol. The molecule has 0 aliphatic heterocycles. The Hall–Kier alpha value is -4.00. The molecule has 7 nitrogen and oxygen atoms in total. The number of aromatic nitrogens is 2. The van der Waals surface area contributed by atoms with Gasteiger partial charge in [0.25, 0.3) is 5.91 Å². The summed E-state index contributed by atoms with van der Waals surface area (Å²) in [5.74, 6) is 2.01. The number of nitrogens with one attached hydrogen (secondary N) is 1. The first-order valence-corrected chi connectivity index (χ1v) is 10.3. The van der Waals surface area contributed by atoms with Crippen molar-refractivity contribution in [2.75, 3.05) is 26.1 Å². The quantitative estimate of drug-likeness (QED) is 0.447. The molecule has 0 fully saturated rings. The van der Waals surface area contributed by atoms with Gasteiger partial charge in [0.1, 0.15) is 22.9 Å². The van der Waals surface area contributed by atoms with Crippen molar-refractivity contribution in [2.24, 2.45) is 0 Å². The zero-order chi connectivity index (χ0) is 22.7. The van der Waals surface area contributed by atoms with Crippen LogP contribution in [0.4, 0.5) is 5.82 Å². The van der Waals surface area contributed by atoms with E-state index in [1.807, 2.05) is 66.9 Å². The molecule has 0 radical (unpaired) electrons. The number of aryl methyl sites for hydroxylation is 1. The molecule has 0 unspecified atom stereocenters. The third-order valence-corrected chi connectivity index (χ3v) is 5.10. The van der Waals surface area contributed by atoms with Crippen molar-refractivity contribution in [1.82, 2.24) is 9.38 Å². The fourth-order valence-corrected chi connectivity index (χ4v) is 3.56. The molecule has 1 N–H and O–H groups in total. The van der Waals surface area contributed by atoms with Gasteiger partial charge in [0.15, 0.2) is 11.5 Å². The molecule has 0 spiro atoms. The lowest BCUT2D eigenvalue weighted by molar-refractivity contribution is 0.102. The van der Waals surface area contributed by atoms with Gasteiger partial charge in [0, 0.05) is 11.8 Å². The molecule has 32 heavy (non-hydrogen) atoms. The van der Waals surface area contributed by atoms with E-state index in [1.165, 1.54) is 0 Å². The number of benzene rings is 2. The van der Waals surface area contributed by atoms with Crippen molar-refractivity contribution in [3.63, 3.8) is 0 Å². The average molecular weight is 431 g/mol. The molecule has 2 aromatic heterocycles. The van der Waals surface area contributed by atoms with Crippen molar-refractivity contribution in [2.45, 2.75) is 13.8 Å². The van der Waals surface area contributed by atoms with Gasteiger partial charge in [-0.25, -0.2) is 4.98 Å². The lowest BCUT2D eigenvalue weighted by Crippen LogP contribution is -2.15. The number of rotatable bonds is 7. The molecule has 7 heteroatoms. The first kappa shape index (κ1) is 21.2. The largest absolute Gasteiger partial charge is 0.493 e. The molecule has 0 aliphatic carbocycles. The molecule has 1 amide bonds. The summed E-state index contributed by atoms with van der Waals surface area (Å²) in [5, 5.41) is 3.04. The third-order valence-electron chi connectivity index (χ3n) is 5.10. The van der Waals surface area contributed by atoms with Crippen LogP contribution in [-0.4, -0.2) is 36.1 Å². The van der Waals surface area contributed by atoms with Gasteiger partial charge >= 0.3 is 0 Å². The fraction of sp³-hybridized carbons (Fsp3) is 0.200. The number of pyridine rings is 1. The summed E-state index contributed by atoms with van der Waals surface area (Å²) >= 11 is 0. The van der Waals surface area contributed by atoms with Crippen molar-refractivity contribution in [3.05, 3.63) is 71.9 Å². The van der Waals surface area contributed by atoms with E-state index in [1.54, 1.807) is 26.4 Å². The molecule has 0 saturated carbocycles. The van der Waals surface area contributed by atoms with E-state index in [0.717, 1.165) is 16.8 Å². The molecule has 2 aromatic carbocycles. The van der Waals surface area contributed by atoms with Gasteiger partial charge in [-0.15, -0.1) is 0 Å². The highest BCUT2D eigenvalue weighted by molar-refractivity contribution is 6.07. The van der Waals surface area contributed by atoms with Gasteiger partial charge in [-0.05, 0) is 61.9 Å². The zero-order valence-electron chi connectivity index (χ0n) is 18.5. The number of para-hydroxylation sites is 1. The summed E-state index contributed by atoms with van der Waals surface area (Å²) in [5.41, 5.74) is 3.66. The number of imidazole rings is 1. The van der Waals surface area contributed by atoms with Gasteiger partial charge in [-0.1, -0.05) is 12.1 Å². The predicted octanol–water partition coefficient (Wildman–Crippen LogP) is 4.98. The number of hydrogen-bond acceptors (Lipinski definition) is 5. The summed E-state index contributed by atoms with van der Waals surface area (Å²) in [6.07, 6.45) is 1.89. The van der Waals surface area contributed by atoms with Gasteiger partial charge in [0.05, 0.1) is 26.4 Å². The number of carbonyl (C=O) groups is 1. The lowest BCUT2D eigenvalue weighted by Gasteiger charge is -2.12. The average Bonchev–Trinajstić information content (AvgIpc) is 3.16. The van der Waals surface area contributed by atoms with E-state index in [2.05, 4.69) is 5.32 Å². The Morgan fingerprint density at radius 2 is 1.78 bits per heavy atom. The zero-order valence-corrected chi connectivity index (χ0v) is 18.5. The Morgan fingerprint density at radius 1 is 1.00 bits per heavy atom. The Labute approximate surface area is 186 Å². The number of nitrogens with zero attached hydrogens (tertiary/aromatic N) is 2. The van der Waals surface area contributed by atoms with Gasteiger partial charge in [-0.3, -0.25) is 9.20 Å². The molecule has 4 rings (SSSR count). The highest BCUT2D eigenvalue weighted by Gasteiger charge is 2.20. The number of hydrogen-bond donors (Lipinski definition) is 1. The van der Waals surface area contributed by atoms with Gasteiger partial charge < -0.3 is 19.5 Å². The summed E-state index contributed by atoms with van der Waals surface area (Å²) in [6, 6.07) is 16.7. The van der Waals surface area contributed by atoms with Crippen LogP contribution >= 0.6 is 0 Å². The van der Waals surface area contributed by atoms with Crippen LogP contribution in [0.25, 0.3) is 16.9 Å². The van der Waals surface area contributed by atoms with Crippen LogP contribution in [0.3, 0.4) is 0 Å². The standard InChI is InChI=1S/C25H25N3O4/c1-5-32-19-9-7-6-8-18(19)25(29)27-24-23(26-22-14-16(2)12-13-28(22)24)17-10-11-20(30-3)21(15-17)31-4/h6-15H,5H2,1-4H3,(H,27,29). The SMILES string of the molecule is CCOc1ccccc1C(=O)Nc1c(-c2ccc(OC)c(OC)c2)nc2cc(C)ccn12. The second-order valence-electron chi connectivity index (χ2n) is 7.19. The molecule has 0 bridgehead atoms. The Balaban J connectivity index is 1.83. The van der Waals surface area contributed by atoms with Crippen LogP contribution < -0.4 is 19.5 Å². The predicted molar refractivity (Wildman–Crippen MR) is 124 cm³/mol. The first-order valence-electron chi connectivity index (χ1n) is 10.3. The molecule has 0 saturated heterocycles. The summed E-state index contributed by atoms with van der Waals surface area (Å²) < 4.78 is 18.3. The monoisotopic (exact) mass is 431 g/mol. The van der Waals surface area contributed by atoms with E-state index < -0.39 is 0 Å². The maximum Gasteiger partial charge on any atom is 0.260 e. The molecule has 0 aliphatic rings. The second-order valence-corrected chi connectivity index (χ2v) is 7.19. The Kier molecular flexibility index (Phi) is 5.98. The van der Waals surface area contributed by atoms with Crippen molar-refractivity contribution >= 4 is 17.4 Å². The van der Waals surface area contributed by atoms with E-state index in [4.69, 9.17) is 19.2 Å². The Morgan fingerprint density at radius 3 is 2.53 bits per heavy atom. The summed E-state index contributed by atoms with van der Waals surface area (Å²) in [7, 11) is 3.18. The van der Waals surface area contributed by atoms with Crippen LogP contribution in [-0.2, 0) is 0 Å². The minimum absolute atomic E-state index is 0.279. The summed E-state index contributed by atoms with van der Waals surface area (Å²) in [4.78, 5) is 18.0. The maximum absolute atomic E-state index is 13.2. The van der Waals surface area contributed by atoms with Crippen molar-refractivity contribution < 1.29 is 19.0 Å². The maximum atomic E-state index is 13.2. The van der Waals surface area contributed by atoms with E-state index in [0.29, 0.717) is 40.9 Å². The number of amides is 1.